The molecule has 1 aliphatic rings. The van der Waals surface area contributed by atoms with Gasteiger partial charge in [0.25, 0.3) is 0 Å². The molecule has 1 aromatic heterocycles. The zero-order chi connectivity index (χ0) is 13.7. The van der Waals surface area contributed by atoms with Crippen molar-refractivity contribution in [2.24, 2.45) is 11.7 Å². The Morgan fingerprint density at radius 1 is 1.37 bits per heavy atom. The minimum absolute atomic E-state index is 0.612. The summed E-state index contributed by atoms with van der Waals surface area (Å²) in [4.78, 5) is 6.69. The van der Waals surface area contributed by atoms with Crippen LogP contribution in [-0.4, -0.2) is 36.6 Å². The Labute approximate surface area is 116 Å². The first kappa shape index (κ1) is 14.3. The molecule has 0 amide bonds. The highest BCUT2D eigenvalue weighted by molar-refractivity contribution is 5.17. The van der Waals surface area contributed by atoms with E-state index in [-0.39, 0.29) is 0 Å². The SMILES string of the molecule is COc1ccc(CN(C)C2CCCCC2CN)cn1. The lowest BCUT2D eigenvalue weighted by atomic mass is 9.83. The quantitative estimate of drug-likeness (QED) is 0.883. The van der Waals surface area contributed by atoms with Gasteiger partial charge in [-0.05, 0) is 37.9 Å². The Bertz CT molecular complexity index is 379. The fourth-order valence-electron chi connectivity index (χ4n) is 3.07. The molecule has 2 atom stereocenters. The third kappa shape index (κ3) is 3.67. The minimum Gasteiger partial charge on any atom is -0.481 e. The Balaban J connectivity index is 1.96. The highest BCUT2D eigenvalue weighted by Gasteiger charge is 2.27. The zero-order valence-corrected chi connectivity index (χ0v) is 12.0. The van der Waals surface area contributed by atoms with Gasteiger partial charge in [-0.25, -0.2) is 4.98 Å². The third-order valence-corrected chi connectivity index (χ3v) is 4.18. The molecule has 2 unspecified atom stereocenters. The molecule has 0 aromatic carbocycles. The smallest absolute Gasteiger partial charge is 0.212 e. The first-order valence-electron chi connectivity index (χ1n) is 7.14. The van der Waals surface area contributed by atoms with Crippen molar-refractivity contribution in [1.29, 1.82) is 0 Å². The van der Waals surface area contributed by atoms with Gasteiger partial charge in [0.2, 0.25) is 5.88 Å². The van der Waals surface area contributed by atoms with Gasteiger partial charge in [0, 0.05) is 24.8 Å². The second-order valence-corrected chi connectivity index (χ2v) is 5.47. The molecule has 2 rings (SSSR count). The van der Waals surface area contributed by atoms with Crippen LogP contribution >= 0.6 is 0 Å². The summed E-state index contributed by atoms with van der Waals surface area (Å²) < 4.78 is 5.08. The average molecular weight is 263 g/mol. The van der Waals surface area contributed by atoms with Gasteiger partial charge in [-0.15, -0.1) is 0 Å². The van der Waals surface area contributed by atoms with Gasteiger partial charge >= 0.3 is 0 Å². The lowest BCUT2D eigenvalue weighted by Crippen LogP contribution is -2.42. The van der Waals surface area contributed by atoms with Crippen molar-refractivity contribution in [2.75, 3.05) is 20.7 Å². The van der Waals surface area contributed by atoms with Crippen LogP contribution in [0.5, 0.6) is 5.88 Å². The van der Waals surface area contributed by atoms with Crippen molar-refractivity contribution < 1.29 is 4.74 Å². The van der Waals surface area contributed by atoms with Crippen molar-refractivity contribution in [3.63, 3.8) is 0 Å². The molecule has 0 saturated heterocycles. The average Bonchev–Trinajstić information content (AvgIpc) is 2.48. The molecule has 1 aliphatic carbocycles. The van der Waals surface area contributed by atoms with Crippen molar-refractivity contribution in [1.82, 2.24) is 9.88 Å². The fraction of sp³-hybridized carbons (Fsp3) is 0.667. The highest BCUT2D eigenvalue weighted by Crippen LogP contribution is 2.28. The van der Waals surface area contributed by atoms with Crippen LogP contribution in [-0.2, 0) is 6.54 Å². The molecule has 1 aromatic rings. The highest BCUT2D eigenvalue weighted by atomic mass is 16.5. The van der Waals surface area contributed by atoms with E-state index < -0.39 is 0 Å². The number of aromatic nitrogens is 1. The van der Waals surface area contributed by atoms with Gasteiger partial charge in [0.15, 0.2) is 0 Å². The summed E-state index contributed by atoms with van der Waals surface area (Å²) in [6, 6.07) is 4.62. The summed E-state index contributed by atoms with van der Waals surface area (Å²) in [5.41, 5.74) is 7.13. The summed E-state index contributed by atoms with van der Waals surface area (Å²) in [6.07, 6.45) is 7.09. The first-order valence-corrected chi connectivity index (χ1v) is 7.14. The first-order chi connectivity index (χ1) is 9.24. The van der Waals surface area contributed by atoms with Crippen molar-refractivity contribution in [3.05, 3.63) is 23.9 Å². The van der Waals surface area contributed by atoms with Crippen LogP contribution in [0.2, 0.25) is 0 Å². The second kappa shape index (κ2) is 6.87. The molecule has 0 radical (unpaired) electrons. The van der Waals surface area contributed by atoms with Crippen LogP contribution in [0.3, 0.4) is 0 Å². The standard InChI is InChI=1S/C15H25N3O/c1-18(14-6-4-3-5-13(14)9-16)11-12-7-8-15(19-2)17-10-12/h7-8,10,13-14H,3-6,9,11,16H2,1-2H3. The van der Waals surface area contributed by atoms with Crippen LogP contribution in [0.25, 0.3) is 0 Å². The van der Waals surface area contributed by atoms with E-state index in [9.17, 15) is 0 Å². The molecule has 1 fully saturated rings. The number of hydrogen-bond acceptors (Lipinski definition) is 4. The fourth-order valence-corrected chi connectivity index (χ4v) is 3.07. The van der Waals surface area contributed by atoms with E-state index in [1.54, 1.807) is 7.11 Å². The number of ether oxygens (including phenoxy) is 1. The lowest BCUT2D eigenvalue weighted by Gasteiger charge is -2.37. The lowest BCUT2D eigenvalue weighted by molar-refractivity contribution is 0.127. The van der Waals surface area contributed by atoms with Gasteiger partial charge in [-0.2, -0.15) is 0 Å². The Kier molecular flexibility index (Phi) is 5.16. The number of nitrogens with two attached hydrogens (primary N) is 1. The molecule has 0 spiro atoms. The molecule has 4 heteroatoms. The molecule has 106 valence electrons. The number of rotatable bonds is 5. The molecule has 1 saturated carbocycles. The Morgan fingerprint density at radius 3 is 2.79 bits per heavy atom. The number of pyridine rings is 1. The van der Waals surface area contributed by atoms with Crippen LogP contribution < -0.4 is 10.5 Å². The summed E-state index contributed by atoms with van der Waals surface area (Å²) in [6.45, 7) is 1.73. The monoisotopic (exact) mass is 263 g/mol. The van der Waals surface area contributed by atoms with E-state index in [1.807, 2.05) is 12.3 Å². The maximum Gasteiger partial charge on any atom is 0.212 e. The van der Waals surface area contributed by atoms with Crippen LogP contribution in [0.4, 0.5) is 0 Å². The van der Waals surface area contributed by atoms with E-state index in [0.717, 1.165) is 13.1 Å². The van der Waals surface area contributed by atoms with E-state index in [2.05, 4.69) is 23.0 Å². The summed E-state index contributed by atoms with van der Waals surface area (Å²) >= 11 is 0. The van der Waals surface area contributed by atoms with Crippen LogP contribution in [0, 0.1) is 5.92 Å². The van der Waals surface area contributed by atoms with Gasteiger partial charge in [0.1, 0.15) is 0 Å². The van der Waals surface area contributed by atoms with Gasteiger partial charge < -0.3 is 10.5 Å². The van der Waals surface area contributed by atoms with Crippen LogP contribution in [0.1, 0.15) is 31.2 Å². The predicted octanol–water partition coefficient (Wildman–Crippen LogP) is 2.04. The van der Waals surface area contributed by atoms with Crippen LogP contribution in [0.15, 0.2) is 18.3 Å². The largest absolute Gasteiger partial charge is 0.481 e. The maximum absolute atomic E-state index is 5.91. The zero-order valence-electron chi connectivity index (χ0n) is 12.0. The molecular formula is C15H25N3O. The molecule has 0 aliphatic heterocycles. The van der Waals surface area contributed by atoms with E-state index in [0.29, 0.717) is 17.8 Å². The van der Waals surface area contributed by atoms with Gasteiger partial charge in [-0.3, -0.25) is 4.90 Å². The topological polar surface area (TPSA) is 51.4 Å². The molecule has 19 heavy (non-hydrogen) atoms. The Morgan fingerprint density at radius 2 is 2.16 bits per heavy atom. The van der Waals surface area contributed by atoms with E-state index in [1.165, 1.54) is 31.2 Å². The number of hydrogen-bond donors (Lipinski definition) is 1. The minimum atomic E-state index is 0.612. The van der Waals surface area contributed by atoms with Crippen molar-refractivity contribution in [2.45, 2.75) is 38.3 Å². The Hall–Kier alpha value is -1.13. The molecular weight excluding hydrogens is 238 g/mol. The normalized spacial score (nSPS) is 23.6. The maximum atomic E-state index is 5.91. The number of methoxy groups -OCH3 is 1. The molecule has 4 nitrogen and oxygen atoms in total. The van der Waals surface area contributed by atoms with Crippen molar-refractivity contribution in [3.8, 4) is 5.88 Å². The second-order valence-electron chi connectivity index (χ2n) is 5.47. The summed E-state index contributed by atoms with van der Waals surface area (Å²) in [5.74, 6) is 1.31. The molecule has 2 N–H and O–H groups in total. The van der Waals surface area contributed by atoms with E-state index in [4.69, 9.17) is 10.5 Å². The third-order valence-electron chi connectivity index (χ3n) is 4.18. The van der Waals surface area contributed by atoms with Crippen molar-refractivity contribution >= 4 is 0 Å². The van der Waals surface area contributed by atoms with Gasteiger partial charge in [0.05, 0.1) is 7.11 Å². The molecule has 0 bridgehead atoms. The van der Waals surface area contributed by atoms with Gasteiger partial charge in [-0.1, -0.05) is 18.9 Å². The molecule has 1 heterocycles. The predicted molar refractivity (Wildman–Crippen MR) is 77.1 cm³/mol. The number of nitrogens with zero attached hydrogens (tertiary/aromatic N) is 2. The van der Waals surface area contributed by atoms with E-state index >= 15 is 0 Å². The summed E-state index contributed by atoms with van der Waals surface area (Å²) in [5, 5.41) is 0. The summed E-state index contributed by atoms with van der Waals surface area (Å²) in [7, 11) is 3.84.